The number of carboxylic acid groups (broad SMARTS) is 1. The van der Waals surface area contributed by atoms with Crippen molar-refractivity contribution in [1.82, 2.24) is 5.32 Å². The Kier molecular flexibility index (Phi) is 6.02. The van der Waals surface area contributed by atoms with Crippen LogP contribution in [0.5, 0.6) is 0 Å². The molecule has 2 amide bonds. The molecule has 0 aliphatic rings. The van der Waals surface area contributed by atoms with Crippen molar-refractivity contribution in [2.75, 3.05) is 18.5 Å². The molecule has 108 valence electrons. The standard InChI is InChI=1S/C13H16N2O5/c1-2-20-11(16)7-8-14-13(19)15-10-5-3-9(4-6-10)12(17)18/h3-6H,2,7-8H2,1H3,(H,17,18)(H2,14,15,19). The molecule has 0 unspecified atom stereocenters. The summed E-state index contributed by atoms with van der Waals surface area (Å²) in [5.74, 6) is -1.41. The maximum atomic E-state index is 11.5. The molecule has 0 aliphatic carbocycles. The van der Waals surface area contributed by atoms with Gasteiger partial charge in [0.1, 0.15) is 0 Å². The maximum Gasteiger partial charge on any atom is 0.335 e. The van der Waals surface area contributed by atoms with Crippen LogP contribution in [-0.2, 0) is 9.53 Å². The summed E-state index contributed by atoms with van der Waals surface area (Å²) in [6.45, 7) is 2.18. The van der Waals surface area contributed by atoms with Crippen molar-refractivity contribution in [3.05, 3.63) is 29.8 Å². The molecular formula is C13H16N2O5. The van der Waals surface area contributed by atoms with E-state index < -0.39 is 12.0 Å². The van der Waals surface area contributed by atoms with Crippen LogP contribution in [0.4, 0.5) is 10.5 Å². The average Bonchev–Trinajstić information content (AvgIpc) is 2.39. The van der Waals surface area contributed by atoms with E-state index in [1.54, 1.807) is 6.92 Å². The van der Waals surface area contributed by atoms with E-state index in [1.165, 1.54) is 24.3 Å². The molecule has 3 N–H and O–H groups in total. The monoisotopic (exact) mass is 280 g/mol. The van der Waals surface area contributed by atoms with E-state index in [-0.39, 0.29) is 24.5 Å². The Balaban J connectivity index is 2.35. The first kappa shape index (κ1) is 15.5. The summed E-state index contributed by atoms with van der Waals surface area (Å²) in [7, 11) is 0. The minimum atomic E-state index is -1.03. The van der Waals surface area contributed by atoms with Crippen molar-refractivity contribution in [2.45, 2.75) is 13.3 Å². The number of ether oxygens (including phenoxy) is 1. The zero-order valence-corrected chi connectivity index (χ0v) is 11.0. The van der Waals surface area contributed by atoms with E-state index >= 15 is 0 Å². The summed E-state index contributed by atoms with van der Waals surface area (Å²) in [6.07, 6.45) is 0.0964. The normalized spacial score (nSPS) is 9.65. The van der Waals surface area contributed by atoms with Crippen molar-refractivity contribution in [3.8, 4) is 0 Å². The number of aromatic carboxylic acids is 1. The summed E-state index contributed by atoms with van der Waals surface area (Å²) in [4.78, 5) is 33.2. The van der Waals surface area contributed by atoms with E-state index in [4.69, 9.17) is 9.84 Å². The summed E-state index contributed by atoms with van der Waals surface area (Å²) < 4.78 is 4.71. The van der Waals surface area contributed by atoms with Crippen LogP contribution in [0, 0.1) is 0 Å². The van der Waals surface area contributed by atoms with Gasteiger partial charge in [-0.15, -0.1) is 0 Å². The number of anilines is 1. The Bertz CT molecular complexity index is 484. The number of carbonyl (C=O) groups is 3. The van der Waals surface area contributed by atoms with Gasteiger partial charge in [0.25, 0.3) is 0 Å². The Hall–Kier alpha value is -2.57. The molecule has 0 radical (unpaired) electrons. The van der Waals surface area contributed by atoms with Gasteiger partial charge in [-0.3, -0.25) is 4.79 Å². The third-order valence-electron chi connectivity index (χ3n) is 2.31. The summed E-state index contributed by atoms with van der Waals surface area (Å²) in [6, 6.07) is 5.26. The first-order chi connectivity index (χ1) is 9.52. The molecule has 7 nitrogen and oxygen atoms in total. The molecule has 0 heterocycles. The fraction of sp³-hybridized carbons (Fsp3) is 0.308. The van der Waals surface area contributed by atoms with Crippen molar-refractivity contribution in [2.24, 2.45) is 0 Å². The molecule has 0 saturated heterocycles. The van der Waals surface area contributed by atoms with Crippen LogP contribution in [0.15, 0.2) is 24.3 Å². The lowest BCUT2D eigenvalue weighted by atomic mass is 10.2. The van der Waals surface area contributed by atoms with Crippen molar-refractivity contribution >= 4 is 23.7 Å². The maximum absolute atomic E-state index is 11.5. The van der Waals surface area contributed by atoms with Crippen LogP contribution >= 0.6 is 0 Å². The van der Waals surface area contributed by atoms with Gasteiger partial charge in [0, 0.05) is 12.2 Å². The lowest BCUT2D eigenvalue weighted by Gasteiger charge is -2.07. The first-order valence-electron chi connectivity index (χ1n) is 6.06. The minimum absolute atomic E-state index is 0.0964. The predicted octanol–water partition coefficient (Wildman–Crippen LogP) is 1.46. The third-order valence-corrected chi connectivity index (χ3v) is 2.31. The molecule has 0 saturated carbocycles. The van der Waals surface area contributed by atoms with Crippen molar-refractivity contribution in [1.29, 1.82) is 0 Å². The van der Waals surface area contributed by atoms with Crippen molar-refractivity contribution < 1.29 is 24.2 Å². The summed E-state index contributed by atoms with van der Waals surface area (Å²) in [5, 5.41) is 13.7. The van der Waals surface area contributed by atoms with E-state index in [2.05, 4.69) is 10.6 Å². The molecule has 0 aliphatic heterocycles. The number of rotatable bonds is 6. The summed E-state index contributed by atoms with van der Waals surface area (Å²) in [5.41, 5.74) is 0.599. The average molecular weight is 280 g/mol. The molecule has 0 atom stereocenters. The fourth-order valence-electron chi connectivity index (χ4n) is 1.38. The van der Waals surface area contributed by atoms with Gasteiger partial charge in [-0.05, 0) is 31.2 Å². The Morgan fingerprint density at radius 2 is 1.85 bits per heavy atom. The Morgan fingerprint density at radius 3 is 2.40 bits per heavy atom. The van der Waals surface area contributed by atoms with Crippen LogP contribution in [0.2, 0.25) is 0 Å². The molecule has 0 fully saturated rings. The van der Waals surface area contributed by atoms with Crippen LogP contribution in [0.1, 0.15) is 23.7 Å². The third kappa shape index (κ3) is 5.38. The number of benzene rings is 1. The van der Waals surface area contributed by atoms with E-state index in [9.17, 15) is 14.4 Å². The van der Waals surface area contributed by atoms with Gasteiger partial charge in [-0.1, -0.05) is 0 Å². The molecule has 0 aromatic heterocycles. The number of hydrogen-bond donors (Lipinski definition) is 3. The second-order valence-electron chi connectivity index (χ2n) is 3.82. The second-order valence-corrected chi connectivity index (χ2v) is 3.82. The quantitative estimate of drug-likeness (QED) is 0.684. The van der Waals surface area contributed by atoms with Crippen molar-refractivity contribution in [3.63, 3.8) is 0 Å². The largest absolute Gasteiger partial charge is 0.478 e. The highest BCUT2D eigenvalue weighted by atomic mass is 16.5. The van der Waals surface area contributed by atoms with Crippen LogP contribution in [-0.4, -0.2) is 36.2 Å². The number of esters is 1. The number of urea groups is 1. The molecule has 1 rings (SSSR count). The smallest absolute Gasteiger partial charge is 0.335 e. The lowest BCUT2D eigenvalue weighted by molar-refractivity contribution is -0.142. The van der Waals surface area contributed by atoms with Gasteiger partial charge in [0.05, 0.1) is 18.6 Å². The van der Waals surface area contributed by atoms with Gasteiger partial charge in [0.2, 0.25) is 0 Å². The van der Waals surface area contributed by atoms with E-state index in [0.717, 1.165) is 0 Å². The van der Waals surface area contributed by atoms with Gasteiger partial charge in [-0.2, -0.15) is 0 Å². The number of hydrogen-bond acceptors (Lipinski definition) is 4. The number of carboxylic acids is 1. The Labute approximate surface area is 115 Å². The van der Waals surface area contributed by atoms with E-state index in [0.29, 0.717) is 12.3 Å². The predicted molar refractivity (Wildman–Crippen MR) is 71.7 cm³/mol. The summed E-state index contributed by atoms with van der Waals surface area (Å²) >= 11 is 0. The molecule has 0 spiro atoms. The molecule has 0 bridgehead atoms. The minimum Gasteiger partial charge on any atom is -0.478 e. The molecule has 20 heavy (non-hydrogen) atoms. The van der Waals surface area contributed by atoms with Crippen LogP contribution < -0.4 is 10.6 Å². The van der Waals surface area contributed by atoms with Crippen LogP contribution in [0.25, 0.3) is 0 Å². The second kappa shape index (κ2) is 7.78. The molecular weight excluding hydrogens is 264 g/mol. The number of carbonyl (C=O) groups excluding carboxylic acids is 2. The highest BCUT2D eigenvalue weighted by Gasteiger charge is 2.06. The number of amides is 2. The lowest BCUT2D eigenvalue weighted by Crippen LogP contribution is -2.30. The molecule has 7 heteroatoms. The van der Waals surface area contributed by atoms with E-state index in [1.807, 2.05) is 0 Å². The van der Waals surface area contributed by atoms with Crippen LogP contribution in [0.3, 0.4) is 0 Å². The highest BCUT2D eigenvalue weighted by molar-refractivity contribution is 5.91. The molecule has 1 aromatic rings. The molecule has 1 aromatic carbocycles. The number of nitrogens with one attached hydrogen (secondary N) is 2. The fourth-order valence-corrected chi connectivity index (χ4v) is 1.38. The van der Waals surface area contributed by atoms with Gasteiger partial charge < -0.3 is 20.5 Å². The SMILES string of the molecule is CCOC(=O)CCNC(=O)Nc1ccc(C(=O)O)cc1. The van der Waals surface area contributed by atoms with Gasteiger partial charge in [-0.25, -0.2) is 9.59 Å². The zero-order valence-electron chi connectivity index (χ0n) is 11.0. The Morgan fingerprint density at radius 1 is 1.20 bits per heavy atom. The zero-order chi connectivity index (χ0) is 15.0. The highest BCUT2D eigenvalue weighted by Crippen LogP contribution is 2.09. The topological polar surface area (TPSA) is 105 Å². The van der Waals surface area contributed by atoms with Gasteiger partial charge in [0.15, 0.2) is 0 Å². The first-order valence-corrected chi connectivity index (χ1v) is 6.06. The van der Waals surface area contributed by atoms with Gasteiger partial charge >= 0.3 is 18.0 Å².